The third kappa shape index (κ3) is 6.19. The molecule has 2 aromatic rings. The number of nitrogens with zero attached hydrogens (tertiary/aromatic N) is 6. The number of hydrazine groups is 1. The standard InChI is InChI=1S/C28H42N8O3/c1-8-35-27(38)34(6)22-16-29-26(32-24(22)36(35)20-11-9-10-12-20)31-21-14-13-19(15-23(21)39-7)25(37)30-17-28(2,3)18-33(4)5/h13-16,20H,8-12,17-18H2,1-7H3,(H,30,37)(H,29,31,32). The van der Waals surface area contributed by atoms with Crippen LogP contribution in [0.25, 0.3) is 0 Å². The zero-order valence-corrected chi connectivity index (χ0v) is 24.2. The van der Waals surface area contributed by atoms with Gasteiger partial charge in [0.15, 0.2) is 5.82 Å². The molecule has 39 heavy (non-hydrogen) atoms. The van der Waals surface area contributed by atoms with Crippen LogP contribution in [-0.4, -0.2) is 85.7 Å². The van der Waals surface area contributed by atoms with Crippen LogP contribution in [-0.2, 0) is 0 Å². The summed E-state index contributed by atoms with van der Waals surface area (Å²) in [5.41, 5.74) is 1.77. The van der Waals surface area contributed by atoms with E-state index < -0.39 is 0 Å². The van der Waals surface area contributed by atoms with E-state index >= 15 is 0 Å². The number of methoxy groups -OCH3 is 1. The number of urea groups is 1. The maximum absolute atomic E-state index is 13.1. The lowest BCUT2D eigenvalue weighted by molar-refractivity contribution is 0.0929. The van der Waals surface area contributed by atoms with Crippen LogP contribution in [0, 0.1) is 5.41 Å². The van der Waals surface area contributed by atoms with Gasteiger partial charge in [0.05, 0.1) is 25.0 Å². The number of carbonyl (C=O) groups excluding carboxylic acids is 2. The first-order chi connectivity index (χ1) is 18.5. The van der Waals surface area contributed by atoms with Crippen molar-refractivity contribution in [2.24, 2.45) is 5.41 Å². The van der Waals surface area contributed by atoms with E-state index in [1.54, 1.807) is 48.5 Å². The monoisotopic (exact) mass is 538 g/mol. The fourth-order valence-corrected chi connectivity index (χ4v) is 5.51. The van der Waals surface area contributed by atoms with Crippen LogP contribution < -0.4 is 25.3 Å². The summed E-state index contributed by atoms with van der Waals surface area (Å²) in [6, 6.07) is 5.41. The third-order valence-corrected chi connectivity index (χ3v) is 7.25. The topological polar surface area (TPSA) is 106 Å². The molecular formula is C28H42N8O3. The molecule has 1 aromatic heterocycles. The van der Waals surface area contributed by atoms with Crippen LogP contribution >= 0.6 is 0 Å². The second kappa shape index (κ2) is 11.6. The second-order valence-corrected chi connectivity index (χ2v) is 11.4. The smallest absolute Gasteiger partial charge is 0.343 e. The van der Waals surface area contributed by atoms with Gasteiger partial charge in [0.25, 0.3) is 5.91 Å². The Morgan fingerprint density at radius 3 is 2.59 bits per heavy atom. The molecule has 212 valence electrons. The Morgan fingerprint density at radius 2 is 1.95 bits per heavy atom. The highest BCUT2D eigenvalue weighted by Gasteiger charge is 2.39. The molecule has 0 saturated heterocycles. The molecule has 0 unspecified atom stereocenters. The van der Waals surface area contributed by atoms with E-state index in [2.05, 4.69) is 39.4 Å². The lowest BCUT2D eigenvalue weighted by atomic mass is 9.93. The van der Waals surface area contributed by atoms with Crippen LogP contribution in [0.4, 0.5) is 27.9 Å². The van der Waals surface area contributed by atoms with E-state index in [0.29, 0.717) is 47.5 Å². The molecule has 0 bridgehead atoms. The molecule has 1 aliphatic heterocycles. The SMILES string of the molecule is CCN1C(=O)N(C)c2cnc(Nc3ccc(C(=O)NCC(C)(C)CN(C)C)cc3OC)nc2N1C1CCCC1. The molecule has 1 fully saturated rings. The van der Waals surface area contributed by atoms with Crippen molar-refractivity contribution in [3.05, 3.63) is 30.0 Å². The van der Waals surface area contributed by atoms with Gasteiger partial charge in [-0.2, -0.15) is 4.98 Å². The number of anilines is 4. The van der Waals surface area contributed by atoms with Crippen LogP contribution in [0.5, 0.6) is 5.75 Å². The van der Waals surface area contributed by atoms with Crippen molar-refractivity contribution in [2.75, 3.05) is 63.1 Å². The first kappa shape index (κ1) is 28.4. The number of ether oxygens (including phenoxy) is 1. The molecule has 0 atom stereocenters. The van der Waals surface area contributed by atoms with Gasteiger partial charge in [-0.25, -0.2) is 14.8 Å². The fourth-order valence-electron chi connectivity index (χ4n) is 5.51. The molecule has 3 amide bonds. The number of benzene rings is 1. The lowest BCUT2D eigenvalue weighted by Gasteiger charge is -2.45. The van der Waals surface area contributed by atoms with E-state index in [1.165, 1.54) is 0 Å². The number of fused-ring (bicyclic) bond motifs is 1. The average molecular weight is 539 g/mol. The predicted molar refractivity (Wildman–Crippen MR) is 154 cm³/mol. The Kier molecular flexibility index (Phi) is 8.48. The fraction of sp³-hybridized carbons (Fsp3) is 0.571. The zero-order valence-electron chi connectivity index (χ0n) is 24.2. The van der Waals surface area contributed by atoms with Crippen molar-refractivity contribution < 1.29 is 14.3 Å². The minimum Gasteiger partial charge on any atom is -0.495 e. The van der Waals surface area contributed by atoms with Crippen molar-refractivity contribution in [3.8, 4) is 5.75 Å². The summed E-state index contributed by atoms with van der Waals surface area (Å²) in [5, 5.41) is 10.1. The molecule has 11 heteroatoms. The largest absolute Gasteiger partial charge is 0.495 e. The maximum Gasteiger partial charge on any atom is 0.343 e. The summed E-state index contributed by atoms with van der Waals surface area (Å²) in [7, 11) is 7.37. The van der Waals surface area contributed by atoms with Crippen molar-refractivity contribution in [3.63, 3.8) is 0 Å². The van der Waals surface area contributed by atoms with E-state index in [9.17, 15) is 9.59 Å². The molecule has 0 spiro atoms. The number of nitrogens with one attached hydrogen (secondary N) is 2. The van der Waals surface area contributed by atoms with Crippen LogP contribution in [0.1, 0.15) is 56.8 Å². The minimum atomic E-state index is -0.156. The number of hydrogen-bond donors (Lipinski definition) is 2. The minimum absolute atomic E-state index is 0.0626. The summed E-state index contributed by atoms with van der Waals surface area (Å²) in [6.07, 6.45) is 5.99. The molecule has 4 rings (SSSR count). The number of rotatable bonds is 10. The first-order valence-electron chi connectivity index (χ1n) is 13.6. The molecule has 1 aliphatic carbocycles. The van der Waals surface area contributed by atoms with Gasteiger partial charge < -0.3 is 20.3 Å². The number of aromatic nitrogens is 2. The van der Waals surface area contributed by atoms with Gasteiger partial charge in [0, 0.05) is 32.2 Å². The Hall–Kier alpha value is -3.60. The Bertz CT molecular complexity index is 1200. The molecule has 1 saturated carbocycles. The lowest BCUT2D eigenvalue weighted by Crippen LogP contribution is -2.59. The molecule has 2 aliphatic rings. The summed E-state index contributed by atoms with van der Waals surface area (Å²) in [4.78, 5) is 39.0. The molecule has 2 N–H and O–H groups in total. The van der Waals surface area contributed by atoms with E-state index in [1.807, 2.05) is 21.0 Å². The Labute approximate surface area is 231 Å². The van der Waals surface area contributed by atoms with Crippen molar-refractivity contribution in [1.82, 2.24) is 25.2 Å². The highest BCUT2D eigenvalue weighted by molar-refractivity contribution is 5.99. The van der Waals surface area contributed by atoms with Gasteiger partial charge in [0.1, 0.15) is 11.4 Å². The van der Waals surface area contributed by atoms with Crippen molar-refractivity contribution in [2.45, 2.75) is 52.5 Å². The summed E-state index contributed by atoms with van der Waals surface area (Å²) >= 11 is 0. The van der Waals surface area contributed by atoms with Gasteiger partial charge in [0.2, 0.25) is 5.95 Å². The molecular weight excluding hydrogens is 496 g/mol. The highest BCUT2D eigenvalue weighted by atomic mass is 16.5. The van der Waals surface area contributed by atoms with Gasteiger partial charge in [-0.3, -0.25) is 14.7 Å². The third-order valence-electron chi connectivity index (χ3n) is 7.25. The molecule has 11 nitrogen and oxygen atoms in total. The van der Waals surface area contributed by atoms with Crippen molar-refractivity contribution in [1.29, 1.82) is 0 Å². The summed E-state index contributed by atoms with van der Waals surface area (Å²) < 4.78 is 5.61. The predicted octanol–water partition coefficient (Wildman–Crippen LogP) is 4.10. The number of amides is 3. The van der Waals surface area contributed by atoms with Gasteiger partial charge in [-0.1, -0.05) is 26.7 Å². The number of hydrogen-bond acceptors (Lipinski definition) is 8. The summed E-state index contributed by atoms with van der Waals surface area (Å²) in [6.45, 7) is 8.19. The molecule has 1 aromatic carbocycles. The summed E-state index contributed by atoms with van der Waals surface area (Å²) in [5.74, 6) is 1.44. The maximum atomic E-state index is 13.1. The van der Waals surface area contributed by atoms with Crippen molar-refractivity contribution >= 4 is 35.1 Å². The van der Waals surface area contributed by atoms with Gasteiger partial charge >= 0.3 is 6.03 Å². The molecule has 2 heterocycles. The zero-order chi connectivity index (χ0) is 28.3. The van der Waals surface area contributed by atoms with Gasteiger partial charge in [-0.15, -0.1) is 0 Å². The Balaban J connectivity index is 1.56. The van der Waals surface area contributed by atoms with E-state index in [4.69, 9.17) is 9.72 Å². The van der Waals surface area contributed by atoms with Gasteiger partial charge in [-0.05, 0) is 57.5 Å². The van der Waals surface area contributed by atoms with Crippen LogP contribution in [0.15, 0.2) is 24.4 Å². The highest BCUT2D eigenvalue weighted by Crippen LogP contribution is 2.39. The number of carbonyl (C=O) groups is 2. The van der Waals surface area contributed by atoms with E-state index in [-0.39, 0.29) is 23.4 Å². The normalized spacial score (nSPS) is 16.1. The Morgan fingerprint density at radius 1 is 1.23 bits per heavy atom. The quantitative estimate of drug-likeness (QED) is 0.466. The average Bonchev–Trinajstić information content (AvgIpc) is 3.43. The second-order valence-electron chi connectivity index (χ2n) is 11.4. The first-order valence-corrected chi connectivity index (χ1v) is 13.6. The molecule has 0 radical (unpaired) electrons. The van der Waals surface area contributed by atoms with Crippen LogP contribution in [0.3, 0.4) is 0 Å². The van der Waals surface area contributed by atoms with E-state index in [0.717, 1.165) is 32.2 Å². The van der Waals surface area contributed by atoms with Crippen LogP contribution in [0.2, 0.25) is 0 Å².